The average molecular weight is 438 g/mol. The van der Waals surface area contributed by atoms with Crippen molar-refractivity contribution in [3.63, 3.8) is 0 Å². The predicted molar refractivity (Wildman–Crippen MR) is 126 cm³/mol. The monoisotopic (exact) mass is 438 g/mol. The second kappa shape index (κ2) is 8.23. The van der Waals surface area contributed by atoms with Crippen LogP contribution in [0.2, 0.25) is 0 Å². The Kier molecular flexibility index (Phi) is 5.10. The number of rotatable bonds is 4. The van der Waals surface area contributed by atoms with Crippen LogP contribution in [0.3, 0.4) is 0 Å². The maximum atomic E-state index is 13.4. The molecule has 8 heteroatoms. The van der Waals surface area contributed by atoms with Gasteiger partial charge in [0, 0.05) is 17.5 Å². The molecule has 5 rings (SSSR count). The fraction of sp³-hybridized carbons (Fsp3) is 0.120. The van der Waals surface area contributed by atoms with Crippen molar-refractivity contribution < 1.29 is 9.90 Å². The first kappa shape index (κ1) is 20.4. The highest BCUT2D eigenvalue weighted by molar-refractivity contribution is 6.05. The lowest BCUT2D eigenvalue weighted by Crippen LogP contribution is -2.31. The highest BCUT2D eigenvalue weighted by atomic mass is 16.3. The molecule has 0 spiro atoms. The van der Waals surface area contributed by atoms with E-state index in [2.05, 4.69) is 20.6 Å². The molecule has 1 amide bonds. The smallest absolute Gasteiger partial charge is 0.255 e. The largest absolute Gasteiger partial charge is 0.508 e. The quantitative estimate of drug-likeness (QED) is 0.439. The number of benzene rings is 2. The van der Waals surface area contributed by atoms with Crippen molar-refractivity contribution in [2.45, 2.75) is 19.9 Å². The molecule has 0 fully saturated rings. The van der Waals surface area contributed by atoms with Gasteiger partial charge in [-0.2, -0.15) is 4.98 Å². The third-order valence-electron chi connectivity index (χ3n) is 5.54. The van der Waals surface area contributed by atoms with E-state index in [9.17, 15) is 9.90 Å². The van der Waals surface area contributed by atoms with Crippen LogP contribution >= 0.6 is 0 Å². The summed E-state index contributed by atoms with van der Waals surface area (Å²) in [5, 5.41) is 20.7. The Bertz CT molecular complexity index is 1340. The number of aromatic hydroxyl groups is 1. The lowest BCUT2D eigenvalue weighted by molar-refractivity contribution is -0.113. The van der Waals surface area contributed by atoms with Crippen LogP contribution in [0.15, 0.2) is 84.3 Å². The van der Waals surface area contributed by atoms with Gasteiger partial charge in [0.05, 0.1) is 17.5 Å². The van der Waals surface area contributed by atoms with E-state index in [1.807, 2.05) is 38.1 Å². The molecule has 1 aliphatic heterocycles. The summed E-state index contributed by atoms with van der Waals surface area (Å²) in [6.45, 7) is 3.87. The zero-order chi connectivity index (χ0) is 22.9. The molecule has 2 aromatic heterocycles. The van der Waals surface area contributed by atoms with Crippen molar-refractivity contribution >= 4 is 17.5 Å². The minimum atomic E-state index is -0.537. The van der Waals surface area contributed by atoms with Gasteiger partial charge in [-0.25, -0.2) is 4.68 Å². The van der Waals surface area contributed by atoms with Gasteiger partial charge in [-0.1, -0.05) is 42.0 Å². The molecule has 0 saturated heterocycles. The van der Waals surface area contributed by atoms with Crippen LogP contribution < -0.4 is 10.6 Å². The highest BCUT2D eigenvalue weighted by Crippen LogP contribution is 2.37. The third kappa shape index (κ3) is 3.94. The van der Waals surface area contributed by atoms with Gasteiger partial charge < -0.3 is 15.7 Å². The standard InChI is InChI=1S/C25H22N6O2/c1-15-5-7-18(8-6-15)23-29-25-27-16(2)21(24(33)28-19-4-3-13-26-14-19)22(31(25)30-23)17-9-11-20(32)12-10-17/h3-14,22,32H,1-2H3,(H,28,33)(H,27,29,30). The van der Waals surface area contributed by atoms with Crippen molar-refractivity contribution in [1.29, 1.82) is 0 Å². The zero-order valence-corrected chi connectivity index (χ0v) is 18.1. The van der Waals surface area contributed by atoms with Crippen molar-refractivity contribution in [3.8, 4) is 17.1 Å². The maximum Gasteiger partial charge on any atom is 0.255 e. The Labute approximate surface area is 190 Å². The van der Waals surface area contributed by atoms with Crippen molar-refractivity contribution in [3.05, 3.63) is 95.5 Å². The van der Waals surface area contributed by atoms with Crippen LogP contribution in [0.1, 0.15) is 24.1 Å². The fourth-order valence-corrected chi connectivity index (χ4v) is 3.87. The zero-order valence-electron chi connectivity index (χ0n) is 18.1. The van der Waals surface area contributed by atoms with E-state index in [-0.39, 0.29) is 11.7 Å². The Morgan fingerprint density at radius 1 is 1.06 bits per heavy atom. The number of aryl methyl sites for hydroxylation is 1. The number of nitrogens with one attached hydrogen (secondary N) is 2. The van der Waals surface area contributed by atoms with E-state index < -0.39 is 6.04 Å². The molecule has 4 aromatic rings. The molecule has 33 heavy (non-hydrogen) atoms. The number of anilines is 2. The Balaban J connectivity index is 1.60. The molecule has 0 saturated carbocycles. The number of carbonyl (C=O) groups excluding carboxylic acids is 1. The molecule has 2 aromatic carbocycles. The molecule has 8 nitrogen and oxygen atoms in total. The minimum Gasteiger partial charge on any atom is -0.508 e. The lowest BCUT2D eigenvalue weighted by atomic mass is 9.95. The molecule has 1 unspecified atom stereocenters. The number of pyridine rings is 1. The SMILES string of the molecule is CC1=C(C(=O)Nc2cccnc2)C(c2ccc(O)cc2)n2nc(-c3ccc(C)cc3)nc2N1. The fourth-order valence-electron chi connectivity index (χ4n) is 3.87. The van der Waals surface area contributed by atoms with Crippen LogP contribution in [-0.4, -0.2) is 30.8 Å². The number of phenolic OH excluding ortho intramolecular Hbond substituents is 1. The molecular weight excluding hydrogens is 416 g/mol. The first-order valence-corrected chi connectivity index (χ1v) is 10.5. The molecule has 0 radical (unpaired) electrons. The molecular formula is C25H22N6O2. The Morgan fingerprint density at radius 3 is 2.52 bits per heavy atom. The summed E-state index contributed by atoms with van der Waals surface area (Å²) >= 11 is 0. The molecule has 1 aliphatic rings. The molecule has 3 heterocycles. The number of amides is 1. The van der Waals surface area contributed by atoms with Gasteiger partial charge in [0.1, 0.15) is 11.8 Å². The molecule has 3 N–H and O–H groups in total. The van der Waals surface area contributed by atoms with E-state index in [0.717, 1.165) is 16.7 Å². The number of phenols is 1. The predicted octanol–water partition coefficient (Wildman–Crippen LogP) is 4.28. The first-order chi connectivity index (χ1) is 16.0. The first-order valence-electron chi connectivity index (χ1n) is 10.5. The van der Waals surface area contributed by atoms with Gasteiger partial charge >= 0.3 is 0 Å². The van der Waals surface area contributed by atoms with Crippen LogP contribution in [0, 0.1) is 6.92 Å². The normalized spacial score (nSPS) is 15.0. The summed E-state index contributed by atoms with van der Waals surface area (Å²) in [5.41, 5.74) is 4.59. The second-order valence-corrected chi connectivity index (χ2v) is 7.92. The summed E-state index contributed by atoms with van der Waals surface area (Å²) in [6, 6.07) is 17.7. The topological polar surface area (TPSA) is 105 Å². The van der Waals surface area contributed by atoms with Crippen LogP contribution in [0.4, 0.5) is 11.6 Å². The number of carbonyl (C=O) groups is 1. The third-order valence-corrected chi connectivity index (χ3v) is 5.54. The molecule has 1 atom stereocenters. The Hall–Kier alpha value is -4.46. The van der Waals surface area contributed by atoms with E-state index in [1.165, 1.54) is 0 Å². The lowest BCUT2D eigenvalue weighted by Gasteiger charge is -2.28. The van der Waals surface area contributed by atoms with Gasteiger partial charge in [0.25, 0.3) is 5.91 Å². The average Bonchev–Trinajstić information content (AvgIpc) is 3.23. The molecule has 0 bridgehead atoms. The van der Waals surface area contributed by atoms with Crippen LogP contribution in [0.5, 0.6) is 5.75 Å². The number of hydrogen-bond acceptors (Lipinski definition) is 6. The van der Waals surface area contributed by atoms with Gasteiger partial charge in [0.2, 0.25) is 5.95 Å². The summed E-state index contributed by atoms with van der Waals surface area (Å²) in [4.78, 5) is 22.2. The molecule has 164 valence electrons. The van der Waals surface area contributed by atoms with Gasteiger partial charge in [0.15, 0.2) is 5.82 Å². The van der Waals surface area contributed by atoms with Crippen molar-refractivity contribution in [1.82, 2.24) is 19.7 Å². The highest BCUT2D eigenvalue weighted by Gasteiger charge is 2.34. The van der Waals surface area contributed by atoms with Crippen LogP contribution in [-0.2, 0) is 4.79 Å². The number of hydrogen-bond donors (Lipinski definition) is 3. The van der Waals surface area contributed by atoms with Gasteiger partial charge in [-0.05, 0) is 43.7 Å². The number of fused-ring (bicyclic) bond motifs is 1. The molecule has 0 aliphatic carbocycles. The van der Waals surface area contributed by atoms with E-state index in [0.29, 0.717) is 28.7 Å². The summed E-state index contributed by atoms with van der Waals surface area (Å²) in [7, 11) is 0. The number of nitrogens with zero attached hydrogens (tertiary/aromatic N) is 4. The summed E-state index contributed by atoms with van der Waals surface area (Å²) in [6.07, 6.45) is 3.24. The number of allylic oxidation sites excluding steroid dienone is 1. The van der Waals surface area contributed by atoms with Crippen molar-refractivity contribution in [2.75, 3.05) is 10.6 Å². The summed E-state index contributed by atoms with van der Waals surface area (Å²) < 4.78 is 1.72. The number of aromatic nitrogens is 4. The maximum absolute atomic E-state index is 13.4. The van der Waals surface area contributed by atoms with Gasteiger partial charge in [-0.3, -0.25) is 9.78 Å². The minimum absolute atomic E-state index is 0.147. The van der Waals surface area contributed by atoms with E-state index >= 15 is 0 Å². The van der Waals surface area contributed by atoms with E-state index in [1.54, 1.807) is 53.5 Å². The Morgan fingerprint density at radius 2 is 1.82 bits per heavy atom. The van der Waals surface area contributed by atoms with Crippen LogP contribution in [0.25, 0.3) is 11.4 Å². The summed E-state index contributed by atoms with van der Waals surface area (Å²) in [5.74, 6) is 0.972. The van der Waals surface area contributed by atoms with Crippen molar-refractivity contribution in [2.24, 2.45) is 0 Å². The van der Waals surface area contributed by atoms with E-state index in [4.69, 9.17) is 5.10 Å². The second-order valence-electron chi connectivity index (χ2n) is 7.92. The van der Waals surface area contributed by atoms with Gasteiger partial charge in [-0.15, -0.1) is 5.10 Å².